The van der Waals surface area contributed by atoms with Gasteiger partial charge in [0.25, 0.3) is 0 Å². The van der Waals surface area contributed by atoms with E-state index in [9.17, 15) is 4.39 Å². The van der Waals surface area contributed by atoms with Crippen LogP contribution in [0.25, 0.3) is 21.5 Å². The monoisotopic (exact) mass is 352 g/mol. The van der Waals surface area contributed by atoms with Crippen molar-refractivity contribution in [3.05, 3.63) is 60.4 Å². The molecule has 0 radical (unpaired) electrons. The fraction of sp³-hybridized carbons (Fsp3) is 0.0556. The Bertz CT molecular complexity index is 1020. The van der Waals surface area contributed by atoms with Gasteiger partial charge in [0.15, 0.2) is 10.9 Å². The van der Waals surface area contributed by atoms with Crippen molar-refractivity contribution in [2.24, 2.45) is 0 Å². The number of anilines is 2. The van der Waals surface area contributed by atoms with Crippen LogP contribution in [0.15, 0.2) is 54.6 Å². The molecule has 0 fully saturated rings. The van der Waals surface area contributed by atoms with Gasteiger partial charge in [0.05, 0.1) is 23.0 Å². The Kier molecular flexibility index (Phi) is 3.99. The maximum atomic E-state index is 13.3. The summed E-state index contributed by atoms with van der Waals surface area (Å²) in [4.78, 5) is 4.41. The highest BCUT2D eigenvalue weighted by Gasteiger charge is 2.07. The van der Waals surface area contributed by atoms with Gasteiger partial charge in [-0.05, 0) is 54.6 Å². The quantitative estimate of drug-likeness (QED) is 0.579. The lowest BCUT2D eigenvalue weighted by Gasteiger charge is -2.04. The summed E-state index contributed by atoms with van der Waals surface area (Å²) in [6.45, 7) is 0. The molecule has 0 atom stereocenters. The zero-order valence-corrected chi connectivity index (χ0v) is 14.0. The number of rotatable bonds is 4. The smallest absolute Gasteiger partial charge is 0.189 e. The average Bonchev–Trinajstić information content (AvgIpc) is 3.04. The molecule has 0 amide bonds. The number of aromatic nitrogens is 3. The van der Waals surface area contributed by atoms with Crippen LogP contribution in [0.2, 0.25) is 0 Å². The molecule has 2 aromatic heterocycles. The van der Waals surface area contributed by atoms with E-state index in [4.69, 9.17) is 4.74 Å². The first-order valence-electron chi connectivity index (χ1n) is 7.52. The Balaban J connectivity index is 1.54. The van der Waals surface area contributed by atoms with Crippen molar-refractivity contribution in [2.75, 3.05) is 12.4 Å². The molecular formula is C18H13FN4OS. The molecule has 0 bridgehead atoms. The second kappa shape index (κ2) is 6.45. The molecule has 4 rings (SSSR count). The van der Waals surface area contributed by atoms with Gasteiger partial charge in [-0.1, -0.05) is 11.3 Å². The normalized spacial score (nSPS) is 10.8. The maximum absolute atomic E-state index is 13.3. The third kappa shape index (κ3) is 3.27. The molecule has 2 heterocycles. The lowest BCUT2D eigenvalue weighted by atomic mass is 10.1. The van der Waals surface area contributed by atoms with Gasteiger partial charge < -0.3 is 10.1 Å². The van der Waals surface area contributed by atoms with E-state index in [1.54, 1.807) is 13.2 Å². The number of hydrogen-bond donors (Lipinski definition) is 1. The molecule has 5 nitrogen and oxygen atoms in total. The lowest BCUT2D eigenvalue weighted by molar-refractivity contribution is 0.415. The second-order valence-corrected chi connectivity index (χ2v) is 6.32. The van der Waals surface area contributed by atoms with E-state index in [0.29, 0.717) is 10.9 Å². The van der Waals surface area contributed by atoms with Gasteiger partial charge in [-0.2, -0.15) is 0 Å². The van der Waals surface area contributed by atoms with Crippen molar-refractivity contribution in [3.8, 4) is 17.0 Å². The van der Waals surface area contributed by atoms with Crippen molar-refractivity contribution < 1.29 is 9.13 Å². The molecule has 0 aliphatic rings. The molecule has 0 aliphatic carbocycles. The first-order valence-corrected chi connectivity index (χ1v) is 8.34. The molecular weight excluding hydrogens is 339 g/mol. The molecule has 0 aliphatic heterocycles. The van der Waals surface area contributed by atoms with Crippen LogP contribution in [0, 0.1) is 5.82 Å². The van der Waals surface area contributed by atoms with E-state index in [-0.39, 0.29) is 5.82 Å². The van der Waals surface area contributed by atoms with Gasteiger partial charge in [0, 0.05) is 5.56 Å². The summed E-state index contributed by atoms with van der Waals surface area (Å²) in [5.41, 5.74) is 2.46. The summed E-state index contributed by atoms with van der Waals surface area (Å²) in [6.07, 6.45) is 0. The first-order chi connectivity index (χ1) is 12.2. The molecule has 0 unspecified atom stereocenters. The SMILES string of the molecule is COc1ccc(-c2ccc(Nc3nc4ccc(F)cc4s3)nn2)cc1. The third-order valence-corrected chi connectivity index (χ3v) is 4.57. The Labute approximate surface area is 147 Å². The van der Waals surface area contributed by atoms with Crippen LogP contribution in [-0.4, -0.2) is 22.3 Å². The van der Waals surface area contributed by atoms with Crippen LogP contribution in [0.1, 0.15) is 0 Å². The van der Waals surface area contributed by atoms with E-state index < -0.39 is 0 Å². The van der Waals surface area contributed by atoms with Crippen LogP contribution in [-0.2, 0) is 0 Å². The Morgan fingerprint density at radius 2 is 1.84 bits per heavy atom. The van der Waals surface area contributed by atoms with Crippen molar-refractivity contribution in [2.45, 2.75) is 0 Å². The van der Waals surface area contributed by atoms with E-state index in [0.717, 1.165) is 27.2 Å². The van der Waals surface area contributed by atoms with Crippen LogP contribution in [0.3, 0.4) is 0 Å². The number of hydrogen-bond acceptors (Lipinski definition) is 6. The molecule has 7 heteroatoms. The summed E-state index contributed by atoms with van der Waals surface area (Å²) in [5, 5.41) is 12.2. The number of methoxy groups -OCH3 is 1. The molecule has 1 N–H and O–H groups in total. The van der Waals surface area contributed by atoms with Crippen molar-refractivity contribution in [1.82, 2.24) is 15.2 Å². The number of benzene rings is 2. The summed E-state index contributed by atoms with van der Waals surface area (Å²) < 4.78 is 19.2. The third-order valence-electron chi connectivity index (χ3n) is 3.64. The van der Waals surface area contributed by atoms with E-state index in [1.165, 1.54) is 23.5 Å². The molecule has 0 saturated heterocycles. The highest BCUT2D eigenvalue weighted by molar-refractivity contribution is 7.22. The number of ether oxygens (including phenoxy) is 1. The fourth-order valence-corrected chi connectivity index (χ4v) is 3.27. The van der Waals surface area contributed by atoms with Crippen molar-refractivity contribution in [1.29, 1.82) is 0 Å². The standard InChI is InChI=1S/C18H13FN4OS/c1-24-13-5-2-11(3-6-13)14-8-9-17(23-22-14)21-18-20-15-7-4-12(19)10-16(15)25-18/h2-10H,1H3,(H,20,21,23). The van der Waals surface area contributed by atoms with Crippen LogP contribution < -0.4 is 10.1 Å². The van der Waals surface area contributed by atoms with E-state index >= 15 is 0 Å². The highest BCUT2D eigenvalue weighted by Crippen LogP contribution is 2.28. The summed E-state index contributed by atoms with van der Waals surface area (Å²) in [7, 11) is 1.63. The highest BCUT2D eigenvalue weighted by atomic mass is 32.1. The van der Waals surface area contributed by atoms with Gasteiger partial charge in [-0.3, -0.25) is 0 Å². The fourth-order valence-electron chi connectivity index (χ4n) is 2.38. The Hall–Kier alpha value is -3.06. The molecule has 0 spiro atoms. The second-order valence-electron chi connectivity index (χ2n) is 5.29. The van der Waals surface area contributed by atoms with Crippen LogP contribution >= 0.6 is 11.3 Å². The summed E-state index contributed by atoms with van der Waals surface area (Å²) in [6, 6.07) is 15.9. The van der Waals surface area contributed by atoms with Gasteiger partial charge in [-0.15, -0.1) is 10.2 Å². The van der Waals surface area contributed by atoms with E-state index in [1.807, 2.05) is 36.4 Å². The molecule has 124 valence electrons. The minimum absolute atomic E-state index is 0.272. The molecule has 0 saturated carbocycles. The number of nitrogens with one attached hydrogen (secondary N) is 1. The van der Waals surface area contributed by atoms with Crippen LogP contribution in [0.4, 0.5) is 15.3 Å². The zero-order chi connectivity index (χ0) is 17.2. The average molecular weight is 352 g/mol. The van der Waals surface area contributed by atoms with Gasteiger partial charge in [0.1, 0.15) is 11.6 Å². The van der Waals surface area contributed by atoms with Crippen molar-refractivity contribution >= 4 is 32.5 Å². The first kappa shape index (κ1) is 15.5. The zero-order valence-electron chi connectivity index (χ0n) is 13.2. The van der Waals surface area contributed by atoms with Crippen molar-refractivity contribution in [3.63, 3.8) is 0 Å². The van der Waals surface area contributed by atoms with Gasteiger partial charge >= 0.3 is 0 Å². The number of fused-ring (bicyclic) bond motifs is 1. The molecule has 4 aromatic rings. The number of thiazole rings is 1. The van der Waals surface area contributed by atoms with Gasteiger partial charge in [-0.25, -0.2) is 9.37 Å². The summed E-state index contributed by atoms with van der Waals surface area (Å²) in [5.74, 6) is 1.10. The minimum atomic E-state index is -0.272. The minimum Gasteiger partial charge on any atom is -0.497 e. The molecule has 25 heavy (non-hydrogen) atoms. The number of halogens is 1. The summed E-state index contributed by atoms with van der Waals surface area (Å²) >= 11 is 1.37. The Morgan fingerprint density at radius 3 is 2.56 bits per heavy atom. The molecule has 2 aromatic carbocycles. The predicted octanol–water partition coefficient (Wildman–Crippen LogP) is 4.64. The maximum Gasteiger partial charge on any atom is 0.189 e. The van der Waals surface area contributed by atoms with Crippen LogP contribution in [0.5, 0.6) is 5.75 Å². The topological polar surface area (TPSA) is 59.9 Å². The van der Waals surface area contributed by atoms with Gasteiger partial charge in [0.2, 0.25) is 0 Å². The van der Waals surface area contributed by atoms with E-state index in [2.05, 4.69) is 20.5 Å². The number of nitrogens with zero attached hydrogens (tertiary/aromatic N) is 3. The lowest BCUT2D eigenvalue weighted by Crippen LogP contribution is -1.96. The predicted molar refractivity (Wildman–Crippen MR) is 96.9 cm³/mol. The Morgan fingerprint density at radius 1 is 1.00 bits per heavy atom. The largest absolute Gasteiger partial charge is 0.497 e.